The Morgan fingerprint density at radius 2 is 1.67 bits per heavy atom. The number of nitrogens with zero attached hydrogens (tertiary/aromatic N) is 4. The highest BCUT2D eigenvalue weighted by Crippen LogP contribution is 2.23. The highest BCUT2D eigenvalue weighted by Gasteiger charge is 2.12. The summed E-state index contributed by atoms with van der Waals surface area (Å²) in [4.78, 5) is 6.66. The van der Waals surface area contributed by atoms with E-state index in [2.05, 4.69) is 46.5 Å². The average Bonchev–Trinajstić information content (AvgIpc) is 2.64. The number of benzene rings is 2. The molecule has 0 saturated heterocycles. The smallest absolute Gasteiger partial charge is 0.251 e. The van der Waals surface area contributed by atoms with Crippen LogP contribution in [0.15, 0.2) is 66.9 Å². The molecule has 122 valence electrons. The summed E-state index contributed by atoms with van der Waals surface area (Å²) in [6.07, 6.45) is 1.65. The molecule has 0 spiro atoms. The highest BCUT2D eigenvalue weighted by atomic mass is 15.3. The first-order valence-corrected chi connectivity index (χ1v) is 8.11. The molecular formula is C19H21N5. The van der Waals surface area contributed by atoms with Crippen LogP contribution in [0.25, 0.3) is 0 Å². The largest absolute Gasteiger partial charge is 0.362 e. The van der Waals surface area contributed by atoms with Crippen molar-refractivity contribution in [2.24, 2.45) is 0 Å². The molecule has 5 nitrogen and oxygen atoms in total. The maximum absolute atomic E-state index is 4.63. The molecule has 0 fully saturated rings. The summed E-state index contributed by atoms with van der Waals surface area (Å²) in [5.41, 5.74) is 2.25. The van der Waals surface area contributed by atoms with E-state index in [4.69, 9.17) is 0 Å². The van der Waals surface area contributed by atoms with Gasteiger partial charge in [0.05, 0.1) is 6.20 Å². The van der Waals surface area contributed by atoms with Gasteiger partial charge in [0, 0.05) is 18.3 Å². The summed E-state index contributed by atoms with van der Waals surface area (Å²) in [5, 5.41) is 11.7. The van der Waals surface area contributed by atoms with E-state index in [0.717, 1.165) is 12.2 Å². The number of nitrogens with one attached hydrogen (secondary N) is 1. The van der Waals surface area contributed by atoms with E-state index in [1.54, 1.807) is 6.20 Å². The minimum absolute atomic E-state index is 0.141. The van der Waals surface area contributed by atoms with Gasteiger partial charge in [-0.15, -0.1) is 5.10 Å². The number of anilines is 3. The topological polar surface area (TPSA) is 53.9 Å². The Morgan fingerprint density at radius 3 is 2.33 bits per heavy atom. The van der Waals surface area contributed by atoms with Gasteiger partial charge < -0.3 is 10.2 Å². The first-order valence-electron chi connectivity index (χ1n) is 8.11. The van der Waals surface area contributed by atoms with Gasteiger partial charge in [-0.25, -0.2) is 0 Å². The lowest BCUT2D eigenvalue weighted by atomic mass is 10.1. The van der Waals surface area contributed by atoms with Gasteiger partial charge in [0.2, 0.25) is 0 Å². The monoisotopic (exact) mass is 319 g/mol. The van der Waals surface area contributed by atoms with Crippen LogP contribution in [0.4, 0.5) is 17.5 Å². The molecule has 0 aliphatic heterocycles. The fourth-order valence-corrected chi connectivity index (χ4v) is 2.57. The maximum Gasteiger partial charge on any atom is 0.251 e. The average molecular weight is 319 g/mol. The van der Waals surface area contributed by atoms with Gasteiger partial charge in [-0.1, -0.05) is 48.5 Å². The summed E-state index contributed by atoms with van der Waals surface area (Å²) in [7, 11) is 0. The van der Waals surface area contributed by atoms with Gasteiger partial charge in [0.15, 0.2) is 5.82 Å². The van der Waals surface area contributed by atoms with Crippen molar-refractivity contribution in [3.05, 3.63) is 72.4 Å². The fourth-order valence-electron chi connectivity index (χ4n) is 2.57. The van der Waals surface area contributed by atoms with Gasteiger partial charge in [-0.2, -0.15) is 10.1 Å². The number of hydrogen-bond donors (Lipinski definition) is 1. The van der Waals surface area contributed by atoms with Crippen LogP contribution in [-0.2, 0) is 0 Å². The number of aromatic nitrogens is 3. The highest BCUT2D eigenvalue weighted by molar-refractivity contribution is 5.57. The van der Waals surface area contributed by atoms with Crippen LogP contribution in [0.3, 0.4) is 0 Å². The molecule has 1 heterocycles. The SMILES string of the molecule is CCN(c1ccccc1)c1nncc(NC(C)c2ccccc2)n1. The Morgan fingerprint density at radius 1 is 1.00 bits per heavy atom. The summed E-state index contributed by atoms with van der Waals surface area (Å²) in [6, 6.07) is 20.5. The van der Waals surface area contributed by atoms with Gasteiger partial charge in [0.25, 0.3) is 5.95 Å². The first-order chi connectivity index (χ1) is 11.8. The molecule has 1 unspecified atom stereocenters. The van der Waals surface area contributed by atoms with E-state index in [1.165, 1.54) is 5.56 Å². The lowest BCUT2D eigenvalue weighted by Gasteiger charge is -2.21. The van der Waals surface area contributed by atoms with Crippen molar-refractivity contribution >= 4 is 17.5 Å². The number of para-hydroxylation sites is 1. The van der Waals surface area contributed by atoms with Crippen LogP contribution < -0.4 is 10.2 Å². The van der Waals surface area contributed by atoms with E-state index in [1.807, 2.05) is 53.4 Å². The van der Waals surface area contributed by atoms with Crippen molar-refractivity contribution in [3.63, 3.8) is 0 Å². The van der Waals surface area contributed by atoms with Crippen LogP contribution in [0, 0.1) is 0 Å². The predicted molar refractivity (Wildman–Crippen MR) is 97.4 cm³/mol. The normalized spacial score (nSPS) is 11.8. The Labute approximate surface area is 142 Å². The van der Waals surface area contributed by atoms with Crippen molar-refractivity contribution in [1.29, 1.82) is 0 Å². The molecule has 0 radical (unpaired) electrons. The minimum atomic E-state index is 0.141. The second-order valence-corrected chi connectivity index (χ2v) is 5.50. The number of rotatable bonds is 6. The van der Waals surface area contributed by atoms with E-state index in [0.29, 0.717) is 11.8 Å². The lowest BCUT2D eigenvalue weighted by Crippen LogP contribution is -2.20. The zero-order valence-electron chi connectivity index (χ0n) is 13.9. The molecule has 2 aromatic carbocycles. The molecule has 1 atom stereocenters. The minimum Gasteiger partial charge on any atom is -0.362 e. The predicted octanol–water partition coefficient (Wildman–Crippen LogP) is 4.20. The number of hydrogen-bond acceptors (Lipinski definition) is 5. The molecule has 1 N–H and O–H groups in total. The zero-order chi connectivity index (χ0) is 16.8. The third-order valence-corrected chi connectivity index (χ3v) is 3.84. The van der Waals surface area contributed by atoms with Crippen molar-refractivity contribution in [3.8, 4) is 0 Å². The van der Waals surface area contributed by atoms with Gasteiger partial charge in [0.1, 0.15) is 0 Å². The van der Waals surface area contributed by atoms with Crippen molar-refractivity contribution in [2.45, 2.75) is 19.9 Å². The molecule has 0 aliphatic carbocycles. The summed E-state index contributed by atoms with van der Waals surface area (Å²) >= 11 is 0. The van der Waals surface area contributed by atoms with Crippen LogP contribution in [0.5, 0.6) is 0 Å². The third kappa shape index (κ3) is 3.68. The molecule has 0 saturated carbocycles. The molecular weight excluding hydrogens is 298 g/mol. The van der Waals surface area contributed by atoms with Gasteiger partial charge in [-0.05, 0) is 31.5 Å². The van der Waals surface area contributed by atoms with Crippen molar-refractivity contribution < 1.29 is 0 Å². The van der Waals surface area contributed by atoms with Crippen LogP contribution in [0.1, 0.15) is 25.5 Å². The molecule has 1 aromatic heterocycles. The van der Waals surface area contributed by atoms with E-state index < -0.39 is 0 Å². The molecule has 5 heteroatoms. The molecule has 3 aromatic rings. The van der Waals surface area contributed by atoms with Gasteiger partial charge in [-0.3, -0.25) is 0 Å². The van der Waals surface area contributed by atoms with Crippen molar-refractivity contribution in [2.75, 3.05) is 16.8 Å². The molecule has 0 amide bonds. The second kappa shape index (κ2) is 7.55. The quantitative estimate of drug-likeness (QED) is 0.738. The fraction of sp³-hybridized carbons (Fsp3) is 0.211. The van der Waals surface area contributed by atoms with E-state index >= 15 is 0 Å². The van der Waals surface area contributed by atoms with Crippen LogP contribution in [-0.4, -0.2) is 21.7 Å². The summed E-state index contributed by atoms with van der Waals surface area (Å²) < 4.78 is 0. The Hall–Kier alpha value is -2.95. The summed E-state index contributed by atoms with van der Waals surface area (Å²) in [6.45, 7) is 4.94. The molecule has 0 bridgehead atoms. The molecule has 0 aliphatic rings. The maximum atomic E-state index is 4.63. The second-order valence-electron chi connectivity index (χ2n) is 5.50. The standard InChI is InChI=1S/C19H21N5/c1-3-24(17-12-8-5-9-13-17)19-22-18(14-20-23-19)21-15(2)16-10-6-4-7-11-16/h4-15H,3H2,1-2H3,(H,21,22,23). The third-order valence-electron chi connectivity index (χ3n) is 3.84. The molecule has 3 rings (SSSR count). The summed E-state index contributed by atoms with van der Waals surface area (Å²) in [5.74, 6) is 1.31. The van der Waals surface area contributed by atoms with Crippen molar-refractivity contribution in [1.82, 2.24) is 15.2 Å². The van der Waals surface area contributed by atoms with Crippen LogP contribution >= 0.6 is 0 Å². The zero-order valence-corrected chi connectivity index (χ0v) is 13.9. The van der Waals surface area contributed by atoms with Crippen LogP contribution in [0.2, 0.25) is 0 Å². The molecule has 24 heavy (non-hydrogen) atoms. The Balaban J connectivity index is 1.81. The first kappa shape index (κ1) is 15.9. The Bertz CT molecular complexity index is 761. The van der Waals surface area contributed by atoms with E-state index in [-0.39, 0.29) is 6.04 Å². The van der Waals surface area contributed by atoms with E-state index in [9.17, 15) is 0 Å². The Kier molecular flexibility index (Phi) is 5.01. The van der Waals surface area contributed by atoms with Gasteiger partial charge >= 0.3 is 0 Å². The lowest BCUT2D eigenvalue weighted by molar-refractivity contribution is 0.842.